The fraction of sp³-hybridized carbons (Fsp3) is 0.167. The van der Waals surface area contributed by atoms with Crippen molar-refractivity contribution in [3.05, 3.63) is 83.3 Å². The van der Waals surface area contributed by atoms with Crippen molar-refractivity contribution < 1.29 is 22.8 Å². The van der Waals surface area contributed by atoms with Crippen molar-refractivity contribution in [2.24, 2.45) is 0 Å². The highest BCUT2D eigenvalue weighted by atomic mass is 19.4. The second kappa shape index (κ2) is 9.09. The first kappa shape index (κ1) is 23.7. The van der Waals surface area contributed by atoms with Crippen molar-refractivity contribution in [1.29, 1.82) is 0 Å². The van der Waals surface area contributed by atoms with Crippen molar-refractivity contribution in [3.8, 4) is 0 Å². The topological polar surface area (TPSA) is 114 Å². The van der Waals surface area contributed by atoms with Crippen LogP contribution in [-0.4, -0.2) is 26.4 Å². The summed E-state index contributed by atoms with van der Waals surface area (Å²) < 4.78 is 41.2. The van der Waals surface area contributed by atoms with Crippen LogP contribution in [0.5, 0.6) is 0 Å². The van der Waals surface area contributed by atoms with Crippen LogP contribution in [0.2, 0.25) is 0 Å². The Hall–Kier alpha value is -4.41. The number of carbonyl (C=O) groups is 2. The van der Waals surface area contributed by atoms with Crippen molar-refractivity contribution in [3.63, 3.8) is 0 Å². The summed E-state index contributed by atoms with van der Waals surface area (Å²) in [6.07, 6.45) is -3.32. The number of nitrogens with two attached hydrogens (primary N) is 1. The highest BCUT2D eigenvalue weighted by molar-refractivity contribution is 6.15. The van der Waals surface area contributed by atoms with E-state index in [1.165, 1.54) is 30.6 Å². The van der Waals surface area contributed by atoms with Crippen LogP contribution in [-0.2, 0) is 6.18 Å². The second-order valence-electron chi connectivity index (χ2n) is 8.08. The number of urea groups is 1. The molecular weight excluding hydrogens is 461 g/mol. The number of benzene rings is 2. The van der Waals surface area contributed by atoms with Gasteiger partial charge in [-0.25, -0.2) is 14.3 Å². The number of rotatable bonds is 5. The summed E-state index contributed by atoms with van der Waals surface area (Å²) >= 11 is 0. The molecule has 11 heteroatoms. The quantitative estimate of drug-likeness (QED) is 0.333. The predicted molar refractivity (Wildman–Crippen MR) is 125 cm³/mol. The third kappa shape index (κ3) is 4.79. The molecule has 0 unspecified atom stereocenters. The van der Waals surface area contributed by atoms with Crippen LogP contribution in [0.1, 0.15) is 46.9 Å². The van der Waals surface area contributed by atoms with Crippen LogP contribution < -0.4 is 16.4 Å². The molecule has 0 aliphatic heterocycles. The number of aromatic nitrogens is 3. The number of fused-ring (bicyclic) bond motifs is 1. The molecule has 35 heavy (non-hydrogen) atoms. The first-order valence-electron chi connectivity index (χ1n) is 10.6. The fourth-order valence-electron chi connectivity index (χ4n) is 3.69. The predicted octanol–water partition coefficient (Wildman–Crippen LogP) is 5.33. The van der Waals surface area contributed by atoms with E-state index in [1.54, 1.807) is 22.7 Å². The first-order valence-corrected chi connectivity index (χ1v) is 10.6. The zero-order valence-corrected chi connectivity index (χ0v) is 18.7. The Morgan fingerprint density at radius 2 is 1.77 bits per heavy atom. The Morgan fingerprint density at radius 3 is 2.49 bits per heavy atom. The molecule has 0 atom stereocenters. The summed E-state index contributed by atoms with van der Waals surface area (Å²) in [6, 6.07) is 11.5. The number of anilines is 3. The van der Waals surface area contributed by atoms with Gasteiger partial charge in [0.25, 0.3) is 0 Å². The minimum Gasteiger partial charge on any atom is -0.382 e. The number of hydrogen-bond acceptors (Lipinski definition) is 5. The van der Waals surface area contributed by atoms with E-state index in [0.29, 0.717) is 11.1 Å². The third-order valence-electron chi connectivity index (χ3n) is 5.31. The molecule has 0 aliphatic rings. The van der Waals surface area contributed by atoms with E-state index < -0.39 is 17.8 Å². The zero-order valence-electron chi connectivity index (χ0n) is 18.7. The third-order valence-corrected chi connectivity index (χ3v) is 5.31. The summed E-state index contributed by atoms with van der Waals surface area (Å²) in [5.74, 6) is -0.177. The van der Waals surface area contributed by atoms with E-state index in [1.807, 2.05) is 13.8 Å². The number of nitrogens with one attached hydrogen (secondary N) is 2. The minimum atomic E-state index is -4.63. The van der Waals surface area contributed by atoms with Crippen LogP contribution in [0, 0.1) is 0 Å². The smallest absolute Gasteiger partial charge is 0.382 e. The first-order chi connectivity index (χ1) is 16.6. The van der Waals surface area contributed by atoms with Crippen LogP contribution in [0.15, 0.2) is 60.9 Å². The largest absolute Gasteiger partial charge is 0.418 e. The fourth-order valence-corrected chi connectivity index (χ4v) is 3.69. The Balaban J connectivity index is 1.60. The SMILES string of the molecule is CC(C)c1cc(C(=O)c2cccc(NC(=O)Nc3ccccc3C(F)(F)F)c2)c2c(N)ncnn12. The van der Waals surface area contributed by atoms with Gasteiger partial charge in [0.05, 0.1) is 16.8 Å². The zero-order chi connectivity index (χ0) is 25.3. The molecule has 2 aromatic carbocycles. The van der Waals surface area contributed by atoms with E-state index in [4.69, 9.17) is 5.73 Å². The maximum Gasteiger partial charge on any atom is 0.418 e. The van der Waals surface area contributed by atoms with E-state index in [0.717, 1.165) is 17.8 Å². The summed E-state index contributed by atoms with van der Waals surface area (Å²) in [5, 5.41) is 8.87. The highest BCUT2D eigenvalue weighted by Gasteiger charge is 2.33. The van der Waals surface area contributed by atoms with E-state index >= 15 is 0 Å². The number of ketones is 1. The van der Waals surface area contributed by atoms with Crippen LogP contribution in [0.25, 0.3) is 5.52 Å². The lowest BCUT2D eigenvalue weighted by atomic mass is 10.0. The lowest BCUT2D eigenvalue weighted by molar-refractivity contribution is -0.136. The molecule has 0 saturated carbocycles. The van der Waals surface area contributed by atoms with Crippen molar-refractivity contribution in [2.45, 2.75) is 25.9 Å². The Kier molecular flexibility index (Phi) is 6.16. The van der Waals surface area contributed by atoms with E-state index in [-0.39, 0.29) is 34.5 Å². The molecule has 8 nitrogen and oxygen atoms in total. The summed E-state index contributed by atoms with van der Waals surface area (Å²) in [4.78, 5) is 29.7. The lowest BCUT2D eigenvalue weighted by Gasteiger charge is -2.14. The summed E-state index contributed by atoms with van der Waals surface area (Å²) in [7, 11) is 0. The number of carbonyl (C=O) groups excluding carboxylic acids is 2. The lowest BCUT2D eigenvalue weighted by Crippen LogP contribution is -2.22. The Labute approximate surface area is 198 Å². The number of hydrogen-bond donors (Lipinski definition) is 3. The van der Waals surface area contributed by atoms with E-state index in [2.05, 4.69) is 20.7 Å². The molecule has 2 heterocycles. The molecule has 2 aromatic heterocycles. The van der Waals surface area contributed by atoms with Crippen molar-refractivity contribution in [2.75, 3.05) is 16.4 Å². The van der Waals surface area contributed by atoms with Crippen LogP contribution >= 0.6 is 0 Å². The molecule has 2 amide bonds. The highest BCUT2D eigenvalue weighted by Crippen LogP contribution is 2.34. The van der Waals surface area contributed by atoms with Crippen LogP contribution in [0.4, 0.5) is 35.2 Å². The Bertz CT molecular complexity index is 1430. The van der Waals surface area contributed by atoms with Gasteiger partial charge in [-0.2, -0.15) is 18.3 Å². The number of alkyl halides is 3. The molecule has 4 rings (SSSR count). The van der Waals surface area contributed by atoms with Gasteiger partial charge in [0, 0.05) is 16.9 Å². The average molecular weight is 482 g/mol. The summed E-state index contributed by atoms with van der Waals surface area (Å²) in [5.41, 5.74) is 6.57. The number of halogens is 3. The van der Waals surface area contributed by atoms with Gasteiger partial charge in [-0.1, -0.05) is 38.1 Å². The monoisotopic (exact) mass is 482 g/mol. The van der Waals surface area contributed by atoms with Gasteiger partial charge in [-0.3, -0.25) is 4.79 Å². The van der Waals surface area contributed by atoms with Crippen LogP contribution in [0.3, 0.4) is 0 Å². The van der Waals surface area contributed by atoms with E-state index in [9.17, 15) is 22.8 Å². The number of para-hydroxylation sites is 1. The van der Waals surface area contributed by atoms with Crippen molar-refractivity contribution in [1.82, 2.24) is 14.6 Å². The summed E-state index contributed by atoms with van der Waals surface area (Å²) in [6.45, 7) is 3.91. The molecule has 0 spiro atoms. The standard InChI is InChI=1S/C24H21F3N6O2/c1-13(2)19-11-16(20-22(28)29-12-30-33(19)20)21(34)14-6-5-7-15(10-14)31-23(35)32-18-9-4-3-8-17(18)24(25,26)27/h3-13H,1-2H3,(H2,28,29,30)(H2,31,32,35). The molecular formula is C24H21F3N6O2. The van der Waals surface area contributed by atoms with Crippen molar-refractivity contribution >= 4 is 34.5 Å². The maximum atomic E-state index is 13.4. The number of amides is 2. The minimum absolute atomic E-state index is 0.0506. The molecule has 4 aromatic rings. The number of nitrogens with zero attached hydrogens (tertiary/aromatic N) is 3. The molecule has 0 saturated heterocycles. The van der Waals surface area contributed by atoms with Gasteiger partial charge in [0.15, 0.2) is 11.6 Å². The van der Waals surface area contributed by atoms with Gasteiger partial charge in [-0.05, 0) is 36.2 Å². The van der Waals surface area contributed by atoms with Gasteiger partial charge in [0.2, 0.25) is 0 Å². The molecule has 4 N–H and O–H groups in total. The molecule has 180 valence electrons. The molecule has 0 fully saturated rings. The normalized spacial score (nSPS) is 11.6. The van der Waals surface area contributed by atoms with Gasteiger partial charge < -0.3 is 16.4 Å². The number of nitrogen functional groups attached to an aromatic ring is 1. The van der Waals surface area contributed by atoms with Gasteiger partial charge in [0.1, 0.15) is 11.8 Å². The van der Waals surface area contributed by atoms with Gasteiger partial charge >= 0.3 is 12.2 Å². The maximum absolute atomic E-state index is 13.4. The molecule has 0 radical (unpaired) electrons. The average Bonchev–Trinajstić information content (AvgIpc) is 3.20. The van der Waals surface area contributed by atoms with Gasteiger partial charge in [-0.15, -0.1) is 0 Å². The molecule has 0 bridgehead atoms. The Morgan fingerprint density at radius 1 is 1.03 bits per heavy atom. The second-order valence-corrected chi connectivity index (χ2v) is 8.08. The molecule has 0 aliphatic carbocycles.